The Labute approximate surface area is 213 Å². The first-order valence-corrected chi connectivity index (χ1v) is 13.5. The molecule has 1 aromatic rings. The monoisotopic (exact) mass is 503 g/mol. The number of nitrogens with zero attached hydrogens (tertiary/aromatic N) is 3. The second-order valence-corrected chi connectivity index (χ2v) is 10.8. The highest BCUT2D eigenvalue weighted by Crippen LogP contribution is 2.36. The van der Waals surface area contributed by atoms with Crippen LogP contribution >= 0.6 is 11.6 Å². The molecular weight excluding hydrogens is 466 g/mol. The van der Waals surface area contributed by atoms with E-state index < -0.39 is 5.41 Å². The standard InChI is InChI=1S/C27H38ClN3O4/c28-22-9-7-10-23(17-22)35-21-27(18-25(33)29-13-5-2-6-14-29)12-8-16-31(20-27)26(34)19-30-15-4-1-3-11-24(30)32/h7,9-10,17H,1-6,8,11-16,18-21H2. The van der Waals surface area contributed by atoms with E-state index >= 15 is 0 Å². The van der Waals surface area contributed by atoms with Gasteiger partial charge in [-0.3, -0.25) is 14.4 Å². The van der Waals surface area contributed by atoms with Crippen molar-refractivity contribution in [2.75, 3.05) is 45.9 Å². The van der Waals surface area contributed by atoms with Crippen molar-refractivity contribution in [2.45, 2.75) is 64.2 Å². The average Bonchev–Trinajstić information content (AvgIpc) is 3.07. The molecule has 0 bridgehead atoms. The van der Waals surface area contributed by atoms with Crippen molar-refractivity contribution >= 4 is 29.3 Å². The number of hydrogen-bond acceptors (Lipinski definition) is 4. The zero-order valence-corrected chi connectivity index (χ0v) is 21.4. The molecule has 3 heterocycles. The molecule has 1 unspecified atom stereocenters. The summed E-state index contributed by atoms with van der Waals surface area (Å²) in [6.45, 7) is 3.86. The van der Waals surface area contributed by atoms with E-state index in [0.29, 0.717) is 49.9 Å². The minimum absolute atomic E-state index is 0.0301. The van der Waals surface area contributed by atoms with Crippen LogP contribution in [0.3, 0.4) is 0 Å². The quantitative estimate of drug-likeness (QED) is 0.561. The highest BCUT2D eigenvalue weighted by Gasteiger charge is 2.41. The number of carbonyl (C=O) groups excluding carboxylic acids is 3. The predicted molar refractivity (Wildman–Crippen MR) is 135 cm³/mol. The van der Waals surface area contributed by atoms with Crippen molar-refractivity contribution in [2.24, 2.45) is 5.41 Å². The Kier molecular flexibility index (Phi) is 8.93. The summed E-state index contributed by atoms with van der Waals surface area (Å²) in [5.74, 6) is 0.860. The Bertz CT molecular complexity index is 904. The van der Waals surface area contributed by atoms with E-state index in [1.165, 1.54) is 6.42 Å². The van der Waals surface area contributed by atoms with Gasteiger partial charge in [-0.2, -0.15) is 0 Å². The van der Waals surface area contributed by atoms with Crippen molar-refractivity contribution in [1.29, 1.82) is 0 Å². The van der Waals surface area contributed by atoms with Gasteiger partial charge in [0.25, 0.3) is 0 Å². The second-order valence-electron chi connectivity index (χ2n) is 10.4. The first-order valence-electron chi connectivity index (χ1n) is 13.2. The summed E-state index contributed by atoms with van der Waals surface area (Å²) in [5.41, 5.74) is -0.465. The van der Waals surface area contributed by atoms with Gasteiger partial charge in [0.2, 0.25) is 17.7 Å². The van der Waals surface area contributed by atoms with Gasteiger partial charge < -0.3 is 19.4 Å². The normalized spacial score (nSPS) is 23.7. The third-order valence-corrected chi connectivity index (χ3v) is 7.82. The van der Waals surface area contributed by atoms with Gasteiger partial charge in [-0.25, -0.2) is 0 Å². The molecule has 3 saturated heterocycles. The van der Waals surface area contributed by atoms with Crippen LogP contribution in [0.4, 0.5) is 0 Å². The second kappa shape index (κ2) is 12.1. The van der Waals surface area contributed by atoms with Gasteiger partial charge in [-0.05, 0) is 63.1 Å². The fraction of sp³-hybridized carbons (Fsp3) is 0.667. The number of benzene rings is 1. The lowest BCUT2D eigenvalue weighted by atomic mass is 9.77. The molecule has 3 amide bonds. The first-order chi connectivity index (χ1) is 16.9. The van der Waals surface area contributed by atoms with Gasteiger partial charge in [0, 0.05) is 56.0 Å². The van der Waals surface area contributed by atoms with Gasteiger partial charge in [0.15, 0.2) is 0 Å². The minimum atomic E-state index is -0.465. The summed E-state index contributed by atoms with van der Waals surface area (Å²) >= 11 is 6.14. The molecular formula is C27H38ClN3O4. The van der Waals surface area contributed by atoms with E-state index in [-0.39, 0.29) is 24.3 Å². The van der Waals surface area contributed by atoms with Gasteiger partial charge in [-0.15, -0.1) is 0 Å². The maximum atomic E-state index is 13.3. The zero-order valence-electron chi connectivity index (χ0n) is 20.7. The van der Waals surface area contributed by atoms with Gasteiger partial charge >= 0.3 is 0 Å². The van der Waals surface area contributed by atoms with Crippen molar-refractivity contribution < 1.29 is 19.1 Å². The van der Waals surface area contributed by atoms with Crippen LogP contribution in [0, 0.1) is 5.41 Å². The first kappa shape index (κ1) is 25.8. The average molecular weight is 504 g/mol. The number of hydrogen-bond donors (Lipinski definition) is 0. The molecule has 0 aromatic heterocycles. The van der Waals surface area contributed by atoms with Gasteiger partial charge in [0.1, 0.15) is 5.75 Å². The molecule has 8 heteroatoms. The van der Waals surface area contributed by atoms with Crippen LogP contribution in [0.25, 0.3) is 0 Å². The highest BCUT2D eigenvalue weighted by atomic mass is 35.5. The smallest absolute Gasteiger partial charge is 0.242 e. The van der Waals surface area contributed by atoms with E-state index in [1.807, 2.05) is 21.9 Å². The lowest BCUT2D eigenvalue weighted by Gasteiger charge is -2.43. The van der Waals surface area contributed by atoms with E-state index in [0.717, 1.165) is 58.0 Å². The Balaban J connectivity index is 1.46. The molecule has 3 fully saturated rings. The minimum Gasteiger partial charge on any atom is -0.493 e. The molecule has 0 radical (unpaired) electrons. The molecule has 3 aliphatic heterocycles. The van der Waals surface area contributed by atoms with Crippen LogP contribution in [0.2, 0.25) is 5.02 Å². The third kappa shape index (κ3) is 7.12. The van der Waals surface area contributed by atoms with Crippen molar-refractivity contribution in [3.63, 3.8) is 0 Å². The fourth-order valence-electron chi connectivity index (χ4n) is 5.57. The molecule has 35 heavy (non-hydrogen) atoms. The number of amides is 3. The third-order valence-electron chi connectivity index (χ3n) is 7.59. The van der Waals surface area contributed by atoms with Crippen LogP contribution in [-0.4, -0.2) is 78.3 Å². The Hall–Kier alpha value is -2.28. The van der Waals surface area contributed by atoms with E-state index in [2.05, 4.69) is 0 Å². The summed E-state index contributed by atoms with van der Waals surface area (Å²) in [7, 11) is 0. The summed E-state index contributed by atoms with van der Waals surface area (Å²) < 4.78 is 6.17. The molecule has 1 atom stereocenters. The lowest BCUT2D eigenvalue weighted by molar-refractivity contribution is -0.145. The van der Waals surface area contributed by atoms with Crippen LogP contribution in [0.1, 0.15) is 64.2 Å². The molecule has 3 aliphatic rings. The van der Waals surface area contributed by atoms with Crippen molar-refractivity contribution in [1.82, 2.24) is 14.7 Å². The number of halogens is 1. The number of likely N-dealkylation sites (tertiary alicyclic amines) is 3. The Morgan fingerprint density at radius 1 is 0.914 bits per heavy atom. The molecule has 0 aliphatic carbocycles. The SMILES string of the molecule is O=C(CC1(COc2cccc(Cl)c2)CCCN(C(=O)CN2CCCCCC2=O)C1)N1CCCCC1. The summed E-state index contributed by atoms with van der Waals surface area (Å²) in [5, 5.41) is 0.600. The Morgan fingerprint density at radius 3 is 2.46 bits per heavy atom. The number of ether oxygens (including phenoxy) is 1. The number of rotatable bonds is 7. The molecule has 192 valence electrons. The lowest BCUT2D eigenvalue weighted by Crippen LogP contribution is -2.53. The topological polar surface area (TPSA) is 70.2 Å². The van der Waals surface area contributed by atoms with Crippen molar-refractivity contribution in [3.8, 4) is 5.75 Å². The molecule has 7 nitrogen and oxygen atoms in total. The number of carbonyl (C=O) groups is 3. The van der Waals surface area contributed by atoms with E-state index in [4.69, 9.17) is 16.3 Å². The van der Waals surface area contributed by atoms with Crippen LogP contribution in [0.15, 0.2) is 24.3 Å². The van der Waals surface area contributed by atoms with Gasteiger partial charge in [0.05, 0.1) is 13.2 Å². The van der Waals surface area contributed by atoms with Crippen molar-refractivity contribution in [3.05, 3.63) is 29.3 Å². The largest absolute Gasteiger partial charge is 0.493 e. The van der Waals surface area contributed by atoms with E-state index in [1.54, 1.807) is 17.0 Å². The zero-order chi connectivity index (χ0) is 24.7. The van der Waals surface area contributed by atoms with Gasteiger partial charge in [-0.1, -0.05) is 24.1 Å². The molecule has 0 N–H and O–H groups in total. The van der Waals surface area contributed by atoms with Crippen LogP contribution < -0.4 is 4.74 Å². The summed E-state index contributed by atoms with van der Waals surface area (Å²) in [6, 6.07) is 7.29. The molecule has 4 rings (SSSR count). The molecule has 0 saturated carbocycles. The predicted octanol–water partition coefficient (Wildman–Crippen LogP) is 4.13. The maximum Gasteiger partial charge on any atom is 0.242 e. The highest BCUT2D eigenvalue weighted by molar-refractivity contribution is 6.30. The van der Waals surface area contributed by atoms with E-state index in [9.17, 15) is 14.4 Å². The molecule has 1 aromatic carbocycles. The summed E-state index contributed by atoms with van der Waals surface area (Å²) in [4.78, 5) is 44.6. The summed E-state index contributed by atoms with van der Waals surface area (Å²) in [6.07, 6.45) is 8.66. The maximum absolute atomic E-state index is 13.3. The van der Waals surface area contributed by atoms with Crippen LogP contribution in [-0.2, 0) is 14.4 Å². The molecule has 0 spiro atoms. The van der Waals surface area contributed by atoms with Crippen LogP contribution in [0.5, 0.6) is 5.75 Å². The number of piperidine rings is 2. The fourth-order valence-corrected chi connectivity index (χ4v) is 5.75. The Morgan fingerprint density at radius 2 is 1.66 bits per heavy atom.